The summed E-state index contributed by atoms with van der Waals surface area (Å²) in [5.41, 5.74) is 1.45. The Hall–Kier alpha value is -4.11. The van der Waals surface area contributed by atoms with Crippen molar-refractivity contribution >= 4 is 23.2 Å². The molecule has 0 aliphatic carbocycles. The van der Waals surface area contributed by atoms with Crippen molar-refractivity contribution in [2.24, 2.45) is 0 Å². The zero-order valence-corrected chi connectivity index (χ0v) is 16.1. The largest absolute Gasteiger partial charge is 0.457 e. The lowest BCUT2D eigenvalue weighted by molar-refractivity contribution is -0.120. The van der Waals surface area contributed by atoms with Crippen molar-refractivity contribution in [3.63, 3.8) is 0 Å². The number of nitrogens with zero attached hydrogens (tertiary/aromatic N) is 2. The van der Waals surface area contributed by atoms with Crippen LogP contribution in [0.25, 0.3) is 0 Å². The number of benzene rings is 3. The summed E-state index contributed by atoms with van der Waals surface area (Å²) in [6.45, 7) is 0. The number of rotatable bonds is 5. The van der Waals surface area contributed by atoms with E-state index in [4.69, 9.17) is 4.74 Å². The van der Waals surface area contributed by atoms with Crippen LogP contribution in [0.4, 0.5) is 11.4 Å². The lowest BCUT2D eigenvalue weighted by Gasteiger charge is -2.24. The van der Waals surface area contributed by atoms with Crippen molar-refractivity contribution < 1.29 is 14.3 Å². The van der Waals surface area contributed by atoms with Gasteiger partial charge in [0.25, 0.3) is 0 Å². The van der Waals surface area contributed by atoms with Gasteiger partial charge in [-0.3, -0.25) is 14.5 Å². The van der Waals surface area contributed by atoms with Crippen LogP contribution in [0.5, 0.6) is 11.5 Å². The molecule has 0 radical (unpaired) electrons. The molecule has 1 fully saturated rings. The van der Waals surface area contributed by atoms with E-state index in [1.807, 2.05) is 30.3 Å². The molecule has 0 bridgehead atoms. The quantitative estimate of drug-likeness (QED) is 0.688. The van der Waals surface area contributed by atoms with Crippen molar-refractivity contribution in [2.45, 2.75) is 18.9 Å². The number of nitriles is 1. The standard InChI is InChI=1S/C24H19N3O3/c25-16-17-6-4-5-9-21(17)26-24(29)22-14-15-23(28)27(22)18-10-12-20(13-11-18)30-19-7-2-1-3-8-19/h1-13,22H,14-15H2,(H,26,29). The van der Waals surface area contributed by atoms with Crippen LogP contribution in [0.2, 0.25) is 0 Å². The Morgan fingerprint density at radius 2 is 1.63 bits per heavy atom. The van der Waals surface area contributed by atoms with Gasteiger partial charge in [0.1, 0.15) is 23.6 Å². The predicted octanol–water partition coefficient (Wildman–Crippen LogP) is 4.48. The topological polar surface area (TPSA) is 82.4 Å². The Morgan fingerprint density at radius 3 is 2.37 bits per heavy atom. The minimum Gasteiger partial charge on any atom is -0.457 e. The van der Waals surface area contributed by atoms with Crippen LogP contribution >= 0.6 is 0 Å². The molecule has 1 atom stereocenters. The second kappa shape index (κ2) is 8.50. The molecule has 1 unspecified atom stereocenters. The molecule has 148 valence electrons. The van der Waals surface area contributed by atoms with E-state index in [9.17, 15) is 14.9 Å². The normalized spacial score (nSPS) is 15.5. The molecule has 6 nitrogen and oxygen atoms in total. The van der Waals surface area contributed by atoms with Crippen LogP contribution in [-0.2, 0) is 9.59 Å². The van der Waals surface area contributed by atoms with Crippen LogP contribution < -0.4 is 15.0 Å². The number of ether oxygens (including phenoxy) is 1. The van der Waals surface area contributed by atoms with Crippen LogP contribution in [0.15, 0.2) is 78.9 Å². The summed E-state index contributed by atoms with van der Waals surface area (Å²) in [6, 6.07) is 24.7. The number of nitrogens with one attached hydrogen (secondary N) is 1. The van der Waals surface area contributed by atoms with Gasteiger partial charge in [0.2, 0.25) is 11.8 Å². The van der Waals surface area contributed by atoms with Crippen LogP contribution in [-0.4, -0.2) is 17.9 Å². The molecule has 4 rings (SSSR count). The summed E-state index contributed by atoms with van der Waals surface area (Å²) in [5.74, 6) is 0.935. The molecule has 0 spiro atoms. The highest BCUT2D eigenvalue weighted by molar-refractivity contribution is 6.07. The molecule has 2 amide bonds. The SMILES string of the molecule is N#Cc1ccccc1NC(=O)C1CCC(=O)N1c1ccc(Oc2ccccc2)cc1. The minimum atomic E-state index is -0.634. The molecule has 3 aromatic rings. The van der Waals surface area contributed by atoms with Crippen LogP contribution in [0, 0.1) is 11.3 Å². The molecule has 1 aliphatic heterocycles. The summed E-state index contributed by atoms with van der Waals surface area (Å²) in [5, 5.41) is 12.0. The number of para-hydroxylation sites is 2. The van der Waals surface area contributed by atoms with Crippen molar-refractivity contribution in [2.75, 3.05) is 10.2 Å². The fourth-order valence-electron chi connectivity index (χ4n) is 3.46. The fraction of sp³-hybridized carbons (Fsp3) is 0.125. The Kier molecular flexibility index (Phi) is 5.44. The van der Waals surface area contributed by atoms with Crippen LogP contribution in [0.3, 0.4) is 0 Å². The number of carbonyl (C=O) groups excluding carboxylic acids is 2. The third-order valence-electron chi connectivity index (χ3n) is 4.91. The third kappa shape index (κ3) is 4.01. The number of carbonyl (C=O) groups is 2. The van der Waals surface area contributed by atoms with E-state index in [0.29, 0.717) is 35.5 Å². The molecular weight excluding hydrogens is 378 g/mol. The smallest absolute Gasteiger partial charge is 0.247 e. The number of hydrogen-bond donors (Lipinski definition) is 1. The van der Waals surface area contributed by atoms with Gasteiger partial charge < -0.3 is 10.1 Å². The maximum absolute atomic E-state index is 12.9. The number of amides is 2. The maximum atomic E-state index is 12.9. The lowest BCUT2D eigenvalue weighted by atomic mass is 10.1. The first-order valence-corrected chi connectivity index (χ1v) is 9.61. The fourth-order valence-corrected chi connectivity index (χ4v) is 3.46. The molecule has 0 saturated carbocycles. The minimum absolute atomic E-state index is 0.111. The molecule has 1 saturated heterocycles. The highest BCUT2D eigenvalue weighted by Crippen LogP contribution is 2.30. The molecule has 1 aliphatic rings. The molecule has 3 aromatic carbocycles. The van der Waals surface area contributed by atoms with Gasteiger partial charge in [0.05, 0.1) is 11.3 Å². The number of anilines is 2. The van der Waals surface area contributed by atoms with Gasteiger partial charge in [-0.05, 0) is 55.0 Å². The molecule has 1 heterocycles. The van der Waals surface area contributed by atoms with E-state index in [-0.39, 0.29) is 11.8 Å². The van der Waals surface area contributed by atoms with Gasteiger partial charge in [-0.2, -0.15) is 5.26 Å². The Balaban J connectivity index is 1.51. The summed E-state index contributed by atoms with van der Waals surface area (Å²) < 4.78 is 5.79. The first-order valence-electron chi connectivity index (χ1n) is 9.61. The zero-order chi connectivity index (χ0) is 20.9. The van der Waals surface area contributed by atoms with Gasteiger partial charge in [-0.25, -0.2) is 0 Å². The molecule has 0 aromatic heterocycles. The second-order valence-electron chi connectivity index (χ2n) is 6.87. The van der Waals surface area contributed by atoms with E-state index >= 15 is 0 Å². The van der Waals surface area contributed by atoms with Crippen molar-refractivity contribution in [1.82, 2.24) is 0 Å². The van der Waals surface area contributed by atoms with E-state index in [0.717, 1.165) is 5.75 Å². The lowest BCUT2D eigenvalue weighted by Crippen LogP contribution is -2.41. The van der Waals surface area contributed by atoms with E-state index < -0.39 is 6.04 Å². The molecule has 6 heteroatoms. The Labute approximate surface area is 174 Å². The third-order valence-corrected chi connectivity index (χ3v) is 4.91. The first kappa shape index (κ1) is 19.2. The van der Waals surface area contributed by atoms with E-state index in [1.54, 1.807) is 48.5 Å². The van der Waals surface area contributed by atoms with Gasteiger partial charge in [0.15, 0.2) is 0 Å². The van der Waals surface area contributed by atoms with Gasteiger partial charge >= 0.3 is 0 Å². The highest BCUT2D eigenvalue weighted by Gasteiger charge is 2.37. The van der Waals surface area contributed by atoms with E-state index in [1.165, 1.54) is 4.90 Å². The summed E-state index contributed by atoms with van der Waals surface area (Å²) >= 11 is 0. The van der Waals surface area contributed by atoms with Crippen molar-refractivity contribution in [3.8, 4) is 17.6 Å². The zero-order valence-electron chi connectivity index (χ0n) is 16.1. The Morgan fingerprint density at radius 1 is 0.967 bits per heavy atom. The summed E-state index contributed by atoms with van der Waals surface area (Å²) in [6.07, 6.45) is 0.710. The van der Waals surface area contributed by atoms with Gasteiger partial charge in [-0.15, -0.1) is 0 Å². The average molecular weight is 397 g/mol. The molecule has 30 heavy (non-hydrogen) atoms. The second-order valence-corrected chi connectivity index (χ2v) is 6.87. The number of hydrogen-bond acceptors (Lipinski definition) is 4. The maximum Gasteiger partial charge on any atom is 0.247 e. The highest BCUT2D eigenvalue weighted by atomic mass is 16.5. The average Bonchev–Trinajstić information content (AvgIpc) is 3.17. The summed E-state index contributed by atoms with van der Waals surface area (Å²) in [4.78, 5) is 26.9. The van der Waals surface area contributed by atoms with Crippen molar-refractivity contribution in [3.05, 3.63) is 84.4 Å². The first-order chi connectivity index (χ1) is 14.7. The van der Waals surface area contributed by atoms with Gasteiger partial charge in [0, 0.05) is 12.1 Å². The van der Waals surface area contributed by atoms with Gasteiger partial charge in [-0.1, -0.05) is 30.3 Å². The Bertz CT molecular complexity index is 1100. The molecular formula is C24H19N3O3. The molecule has 1 N–H and O–H groups in total. The predicted molar refractivity (Wildman–Crippen MR) is 113 cm³/mol. The van der Waals surface area contributed by atoms with E-state index in [2.05, 4.69) is 11.4 Å². The monoisotopic (exact) mass is 397 g/mol. The van der Waals surface area contributed by atoms with Crippen molar-refractivity contribution in [1.29, 1.82) is 5.26 Å². The summed E-state index contributed by atoms with van der Waals surface area (Å²) in [7, 11) is 0. The van der Waals surface area contributed by atoms with Crippen LogP contribution in [0.1, 0.15) is 18.4 Å².